The SMILES string of the molecule is NCC1CC2CCC1CN2C(=O)OCc1ccccc1. The second-order valence-electron chi connectivity index (χ2n) is 5.92. The van der Waals surface area contributed by atoms with E-state index in [2.05, 4.69) is 0 Å². The Labute approximate surface area is 119 Å². The number of nitrogens with two attached hydrogens (primary N) is 1. The second kappa shape index (κ2) is 5.83. The number of rotatable bonds is 3. The Morgan fingerprint density at radius 1 is 1.30 bits per heavy atom. The van der Waals surface area contributed by atoms with Gasteiger partial charge in [0, 0.05) is 12.6 Å². The number of nitrogens with zero attached hydrogens (tertiary/aromatic N) is 1. The molecule has 0 aromatic heterocycles. The topological polar surface area (TPSA) is 55.6 Å². The van der Waals surface area contributed by atoms with E-state index in [1.165, 1.54) is 6.42 Å². The van der Waals surface area contributed by atoms with Crippen molar-refractivity contribution in [3.05, 3.63) is 35.9 Å². The van der Waals surface area contributed by atoms with Gasteiger partial charge in [-0.2, -0.15) is 0 Å². The Morgan fingerprint density at radius 3 is 2.75 bits per heavy atom. The highest BCUT2D eigenvalue weighted by Crippen LogP contribution is 2.39. The van der Waals surface area contributed by atoms with Crippen molar-refractivity contribution in [1.82, 2.24) is 4.90 Å². The van der Waals surface area contributed by atoms with Crippen molar-refractivity contribution in [1.29, 1.82) is 0 Å². The summed E-state index contributed by atoms with van der Waals surface area (Å²) in [6, 6.07) is 10.1. The molecule has 1 aromatic carbocycles. The first-order valence-electron chi connectivity index (χ1n) is 7.45. The fourth-order valence-corrected chi connectivity index (χ4v) is 3.54. The number of fused-ring (bicyclic) bond motifs is 3. The van der Waals surface area contributed by atoms with Crippen LogP contribution in [0.1, 0.15) is 24.8 Å². The molecule has 2 saturated heterocycles. The van der Waals surface area contributed by atoms with E-state index in [9.17, 15) is 4.79 Å². The zero-order valence-electron chi connectivity index (χ0n) is 11.7. The van der Waals surface area contributed by atoms with Gasteiger partial charge in [0.25, 0.3) is 0 Å². The third-order valence-corrected chi connectivity index (χ3v) is 4.73. The Kier molecular flexibility index (Phi) is 3.92. The summed E-state index contributed by atoms with van der Waals surface area (Å²) >= 11 is 0. The van der Waals surface area contributed by atoms with Crippen LogP contribution < -0.4 is 5.73 Å². The standard InChI is InChI=1S/C16H22N2O2/c17-9-14-8-15-7-6-13(14)10-18(15)16(19)20-11-12-4-2-1-3-5-12/h1-5,13-15H,6-11,17H2. The first-order valence-corrected chi connectivity index (χ1v) is 7.45. The molecule has 20 heavy (non-hydrogen) atoms. The zero-order valence-corrected chi connectivity index (χ0v) is 11.7. The van der Waals surface area contributed by atoms with Crippen LogP contribution in [0, 0.1) is 11.8 Å². The summed E-state index contributed by atoms with van der Waals surface area (Å²) in [6.07, 6.45) is 3.18. The van der Waals surface area contributed by atoms with Gasteiger partial charge in [0.15, 0.2) is 0 Å². The molecular formula is C16H22N2O2. The maximum absolute atomic E-state index is 12.2. The average molecular weight is 274 g/mol. The maximum atomic E-state index is 12.2. The normalized spacial score (nSPS) is 28.4. The molecule has 1 saturated carbocycles. The van der Waals surface area contributed by atoms with Gasteiger partial charge in [-0.25, -0.2) is 4.79 Å². The molecule has 1 aliphatic carbocycles. The predicted molar refractivity (Wildman–Crippen MR) is 77.0 cm³/mol. The van der Waals surface area contributed by atoms with Crippen molar-refractivity contribution in [2.75, 3.05) is 13.1 Å². The zero-order chi connectivity index (χ0) is 13.9. The highest BCUT2D eigenvalue weighted by molar-refractivity contribution is 5.68. The minimum Gasteiger partial charge on any atom is -0.445 e. The van der Waals surface area contributed by atoms with Crippen molar-refractivity contribution < 1.29 is 9.53 Å². The number of carbonyl (C=O) groups excluding carboxylic acids is 1. The van der Waals surface area contributed by atoms with Crippen LogP contribution >= 0.6 is 0 Å². The number of piperidine rings is 2. The largest absolute Gasteiger partial charge is 0.445 e. The Balaban J connectivity index is 1.56. The highest BCUT2D eigenvalue weighted by atomic mass is 16.6. The van der Waals surface area contributed by atoms with Crippen LogP contribution in [0.25, 0.3) is 0 Å². The molecule has 3 aliphatic rings. The summed E-state index contributed by atoms with van der Waals surface area (Å²) < 4.78 is 5.44. The molecule has 3 fully saturated rings. The molecule has 2 N–H and O–H groups in total. The van der Waals surface area contributed by atoms with Crippen molar-refractivity contribution in [2.24, 2.45) is 17.6 Å². The highest BCUT2D eigenvalue weighted by Gasteiger charge is 2.42. The van der Waals surface area contributed by atoms with E-state index in [0.717, 1.165) is 31.5 Å². The maximum Gasteiger partial charge on any atom is 0.410 e. The van der Waals surface area contributed by atoms with Gasteiger partial charge in [-0.3, -0.25) is 0 Å². The molecule has 4 rings (SSSR count). The molecule has 108 valence electrons. The van der Waals surface area contributed by atoms with Gasteiger partial charge in [-0.1, -0.05) is 30.3 Å². The Morgan fingerprint density at radius 2 is 2.10 bits per heavy atom. The molecule has 4 nitrogen and oxygen atoms in total. The van der Waals surface area contributed by atoms with E-state index in [1.54, 1.807) is 0 Å². The lowest BCUT2D eigenvalue weighted by molar-refractivity contribution is 0.000689. The molecule has 1 amide bonds. The first kappa shape index (κ1) is 13.4. The number of amides is 1. The number of carbonyl (C=O) groups is 1. The third kappa shape index (κ3) is 2.66. The predicted octanol–water partition coefficient (Wildman–Crippen LogP) is 2.38. The molecule has 1 aromatic rings. The molecule has 3 unspecified atom stereocenters. The lowest BCUT2D eigenvalue weighted by Gasteiger charge is -2.48. The van der Waals surface area contributed by atoms with Crippen LogP contribution in [0.15, 0.2) is 30.3 Å². The monoisotopic (exact) mass is 274 g/mol. The summed E-state index contributed by atoms with van der Waals surface area (Å²) in [4.78, 5) is 14.1. The summed E-state index contributed by atoms with van der Waals surface area (Å²) in [5.41, 5.74) is 6.84. The van der Waals surface area contributed by atoms with E-state index < -0.39 is 0 Å². The Bertz CT molecular complexity index is 463. The van der Waals surface area contributed by atoms with Gasteiger partial charge in [0.05, 0.1) is 0 Å². The van der Waals surface area contributed by atoms with Crippen LogP contribution in [0.5, 0.6) is 0 Å². The smallest absolute Gasteiger partial charge is 0.410 e. The van der Waals surface area contributed by atoms with Gasteiger partial charge in [-0.05, 0) is 43.2 Å². The molecule has 2 heterocycles. The molecule has 0 spiro atoms. The number of benzene rings is 1. The molecule has 2 aliphatic heterocycles. The van der Waals surface area contributed by atoms with Gasteiger partial charge in [-0.15, -0.1) is 0 Å². The second-order valence-corrected chi connectivity index (χ2v) is 5.92. The van der Waals surface area contributed by atoms with Crippen molar-refractivity contribution in [2.45, 2.75) is 31.9 Å². The van der Waals surface area contributed by atoms with Gasteiger partial charge in [0.1, 0.15) is 6.61 Å². The van der Waals surface area contributed by atoms with Crippen LogP contribution in [-0.2, 0) is 11.3 Å². The summed E-state index contributed by atoms with van der Waals surface area (Å²) in [6.45, 7) is 1.92. The van der Waals surface area contributed by atoms with Crippen molar-refractivity contribution in [3.8, 4) is 0 Å². The third-order valence-electron chi connectivity index (χ3n) is 4.73. The van der Waals surface area contributed by atoms with E-state index in [-0.39, 0.29) is 6.09 Å². The molecule has 4 heteroatoms. The minimum atomic E-state index is -0.168. The molecule has 2 bridgehead atoms. The fourth-order valence-electron chi connectivity index (χ4n) is 3.54. The fraction of sp³-hybridized carbons (Fsp3) is 0.562. The number of ether oxygens (including phenoxy) is 1. The van der Waals surface area contributed by atoms with Crippen LogP contribution in [0.3, 0.4) is 0 Å². The lowest BCUT2D eigenvalue weighted by atomic mass is 9.72. The quantitative estimate of drug-likeness (QED) is 0.920. The number of hydrogen-bond donors (Lipinski definition) is 1. The first-order chi connectivity index (χ1) is 9.78. The van der Waals surface area contributed by atoms with Crippen molar-refractivity contribution in [3.63, 3.8) is 0 Å². The summed E-state index contributed by atoms with van der Waals surface area (Å²) in [5, 5.41) is 0. The summed E-state index contributed by atoms with van der Waals surface area (Å²) in [7, 11) is 0. The minimum absolute atomic E-state index is 0.168. The average Bonchev–Trinajstić information content (AvgIpc) is 2.53. The lowest BCUT2D eigenvalue weighted by Crippen LogP contribution is -2.55. The van der Waals surface area contributed by atoms with Gasteiger partial charge < -0.3 is 15.4 Å². The molecular weight excluding hydrogens is 252 g/mol. The van der Waals surface area contributed by atoms with E-state index >= 15 is 0 Å². The van der Waals surface area contributed by atoms with E-state index in [1.807, 2.05) is 35.2 Å². The van der Waals surface area contributed by atoms with Crippen LogP contribution in [0.4, 0.5) is 4.79 Å². The van der Waals surface area contributed by atoms with Gasteiger partial charge in [0.2, 0.25) is 0 Å². The molecule has 0 radical (unpaired) electrons. The number of hydrogen-bond acceptors (Lipinski definition) is 3. The van der Waals surface area contributed by atoms with E-state index in [4.69, 9.17) is 10.5 Å². The Hall–Kier alpha value is -1.55. The van der Waals surface area contributed by atoms with Crippen molar-refractivity contribution >= 4 is 6.09 Å². The molecule has 3 atom stereocenters. The van der Waals surface area contributed by atoms with Gasteiger partial charge >= 0.3 is 6.09 Å². The van der Waals surface area contributed by atoms with Crippen LogP contribution in [0.2, 0.25) is 0 Å². The summed E-state index contributed by atoms with van der Waals surface area (Å²) in [5.74, 6) is 1.15. The van der Waals surface area contributed by atoms with Crippen LogP contribution in [-0.4, -0.2) is 30.1 Å². The van der Waals surface area contributed by atoms with E-state index in [0.29, 0.717) is 24.5 Å².